The van der Waals surface area contributed by atoms with Gasteiger partial charge in [0.15, 0.2) is 0 Å². The summed E-state index contributed by atoms with van der Waals surface area (Å²) in [6, 6.07) is 3.49. The van der Waals surface area contributed by atoms with Crippen LogP contribution >= 0.6 is 22.7 Å². The second-order valence-electron chi connectivity index (χ2n) is 7.73. The number of aromatic nitrogens is 1. The highest BCUT2D eigenvalue weighted by molar-refractivity contribution is 7.16. The average Bonchev–Trinajstić information content (AvgIpc) is 3.39. The van der Waals surface area contributed by atoms with E-state index in [0.29, 0.717) is 13.0 Å². The molecule has 7 nitrogen and oxygen atoms in total. The molecule has 1 aliphatic carbocycles. The number of amides is 4. The van der Waals surface area contributed by atoms with Gasteiger partial charge < -0.3 is 10.6 Å². The Morgan fingerprint density at radius 2 is 2.21 bits per heavy atom. The van der Waals surface area contributed by atoms with E-state index >= 15 is 0 Å². The van der Waals surface area contributed by atoms with Crippen LogP contribution in [0.3, 0.4) is 0 Å². The third-order valence-electron chi connectivity index (χ3n) is 5.80. The van der Waals surface area contributed by atoms with E-state index < -0.39 is 11.6 Å². The first kappa shape index (κ1) is 20.0. The maximum atomic E-state index is 12.9. The smallest absolute Gasteiger partial charge is 0.325 e. The molecule has 0 unspecified atom stereocenters. The summed E-state index contributed by atoms with van der Waals surface area (Å²) in [5.74, 6) is -0.518. The number of nitrogens with one attached hydrogen (secondary N) is 2. The molecule has 9 heteroatoms. The zero-order valence-electron chi connectivity index (χ0n) is 16.5. The van der Waals surface area contributed by atoms with Crippen molar-refractivity contribution in [2.24, 2.45) is 5.92 Å². The highest BCUT2D eigenvalue weighted by Crippen LogP contribution is 2.38. The Labute approximate surface area is 177 Å². The number of nitrogens with zero attached hydrogens (tertiary/aromatic N) is 2. The molecular weight excluding hydrogens is 408 g/mol. The van der Waals surface area contributed by atoms with Gasteiger partial charge in [0.1, 0.15) is 12.1 Å². The number of thiazole rings is 1. The molecule has 2 N–H and O–H groups in total. The normalized spacial score (nSPS) is 24.2. The van der Waals surface area contributed by atoms with Gasteiger partial charge >= 0.3 is 6.03 Å². The molecular formula is C20H24N4O3S2. The van der Waals surface area contributed by atoms with Gasteiger partial charge in [-0.1, -0.05) is 19.8 Å². The van der Waals surface area contributed by atoms with E-state index in [2.05, 4.69) is 15.6 Å². The second kappa shape index (κ2) is 7.87. The van der Waals surface area contributed by atoms with Crippen molar-refractivity contribution in [1.29, 1.82) is 0 Å². The Morgan fingerprint density at radius 3 is 2.93 bits per heavy atom. The Hall–Kier alpha value is -2.26. The zero-order chi connectivity index (χ0) is 20.6. The Bertz CT molecular complexity index is 953. The van der Waals surface area contributed by atoms with Crippen LogP contribution in [-0.2, 0) is 16.1 Å². The second-order valence-corrected chi connectivity index (χ2v) is 9.96. The fraction of sp³-hybridized carbons (Fsp3) is 0.500. The van der Waals surface area contributed by atoms with Crippen molar-refractivity contribution in [1.82, 2.24) is 20.5 Å². The highest BCUT2D eigenvalue weighted by atomic mass is 32.1. The van der Waals surface area contributed by atoms with E-state index in [4.69, 9.17) is 0 Å². The summed E-state index contributed by atoms with van der Waals surface area (Å²) >= 11 is 3.18. The van der Waals surface area contributed by atoms with E-state index in [0.717, 1.165) is 44.6 Å². The molecule has 2 aromatic rings. The van der Waals surface area contributed by atoms with Gasteiger partial charge in [-0.3, -0.25) is 14.5 Å². The summed E-state index contributed by atoms with van der Waals surface area (Å²) in [5.41, 5.74) is 0.116. The van der Waals surface area contributed by atoms with Crippen molar-refractivity contribution < 1.29 is 14.4 Å². The van der Waals surface area contributed by atoms with Crippen molar-refractivity contribution in [2.45, 2.75) is 51.6 Å². The predicted molar refractivity (Wildman–Crippen MR) is 113 cm³/mol. The summed E-state index contributed by atoms with van der Waals surface area (Å²) in [6.07, 6.45) is 3.53. The van der Waals surface area contributed by atoms with Crippen molar-refractivity contribution in [3.8, 4) is 10.6 Å². The van der Waals surface area contributed by atoms with E-state index in [1.165, 1.54) is 0 Å². The van der Waals surface area contributed by atoms with Gasteiger partial charge in [0.25, 0.3) is 5.91 Å². The topological polar surface area (TPSA) is 91.4 Å². The van der Waals surface area contributed by atoms with E-state index in [-0.39, 0.29) is 24.3 Å². The van der Waals surface area contributed by atoms with Crippen LogP contribution in [0.5, 0.6) is 0 Å². The van der Waals surface area contributed by atoms with Gasteiger partial charge in [-0.25, -0.2) is 9.78 Å². The van der Waals surface area contributed by atoms with Gasteiger partial charge in [-0.05, 0) is 37.8 Å². The third-order valence-corrected chi connectivity index (χ3v) is 7.68. The summed E-state index contributed by atoms with van der Waals surface area (Å²) in [5, 5.41) is 8.73. The SMILES string of the molecule is Cc1nc(-c2ccc(CNC(=O)CN3C(=O)N[C@]4(CCCC[C@H]4C)C3=O)s2)cs1. The standard InChI is InChI=1S/C20H24N4O3S2/c1-12-5-3-4-8-20(12)18(26)24(19(27)23-20)10-17(25)21-9-14-6-7-16(29-14)15-11-28-13(2)22-15/h6-7,11-12H,3-5,8-10H2,1-2H3,(H,21,25)(H,23,27)/t12-,20+/m1/s1. The van der Waals surface area contributed by atoms with Crippen molar-refractivity contribution in [3.05, 3.63) is 27.4 Å². The van der Waals surface area contributed by atoms with Crippen LogP contribution in [0.15, 0.2) is 17.5 Å². The molecule has 3 heterocycles. The summed E-state index contributed by atoms with van der Waals surface area (Å²) in [6.45, 7) is 4.08. The lowest BCUT2D eigenvalue weighted by molar-refractivity contribution is -0.137. The van der Waals surface area contributed by atoms with Crippen molar-refractivity contribution in [3.63, 3.8) is 0 Å². The van der Waals surface area contributed by atoms with Crippen LogP contribution in [0, 0.1) is 12.8 Å². The number of imide groups is 1. The number of aryl methyl sites for hydroxylation is 1. The van der Waals surface area contributed by atoms with Crippen LogP contribution in [0.2, 0.25) is 0 Å². The van der Waals surface area contributed by atoms with Crippen molar-refractivity contribution in [2.75, 3.05) is 6.54 Å². The van der Waals surface area contributed by atoms with Gasteiger partial charge in [0.2, 0.25) is 5.91 Å². The molecule has 2 aliphatic rings. The summed E-state index contributed by atoms with van der Waals surface area (Å²) in [7, 11) is 0. The van der Waals surface area contributed by atoms with Crippen LogP contribution in [-0.4, -0.2) is 39.8 Å². The van der Waals surface area contributed by atoms with E-state index in [9.17, 15) is 14.4 Å². The molecule has 2 fully saturated rings. The molecule has 29 heavy (non-hydrogen) atoms. The highest BCUT2D eigenvalue weighted by Gasteiger charge is 2.55. The molecule has 154 valence electrons. The number of carbonyl (C=O) groups excluding carboxylic acids is 3. The summed E-state index contributed by atoms with van der Waals surface area (Å²) in [4.78, 5) is 45.3. The molecule has 1 aliphatic heterocycles. The van der Waals surface area contributed by atoms with Gasteiger partial charge in [0.05, 0.1) is 22.1 Å². The molecule has 1 saturated heterocycles. The first-order chi connectivity index (χ1) is 13.9. The van der Waals surface area contributed by atoms with Gasteiger partial charge in [-0.2, -0.15) is 0 Å². The number of rotatable bonds is 5. The third kappa shape index (κ3) is 3.81. The van der Waals surface area contributed by atoms with Crippen LogP contribution in [0.25, 0.3) is 10.6 Å². The number of hydrogen-bond donors (Lipinski definition) is 2. The average molecular weight is 433 g/mol. The van der Waals surface area contributed by atoms with Crippen LogP contribution < -0.4 is 10.6 Å². The maximum Gasteiger partial charge on any atom is 0.325 e. The van der Waals surface area contributed by atoms with Crippen LogP contribution in [0.1, 0.15) is 42.5 Å². The minimum absolute atomic E-state index is 0.0830. The monoisotopic (exact) mass is 432 g/mol. The van der Waals surface area contributed by atoms with E-state index in [1.54, 1.807) is 22.7 Å². The molecule has 1 spiro atoms. The molecule has 2 atom stereocenters. The lowest BCUT2D eigenvalue weighted by Crippen LogP contribution is -2.54. The molecule has 4 rings (SSSR count). The molecule has 0 aromatic carbocycles. The zero-order valence-corrected chi connectivity index (χ0v) is 18.1. The minimum atomic E-state index is -0.829. The molecule has 0 radical (unpaired) electrons. The maximum absolute atomic E-state index is 12.9. The van der Waals surface area contributed by atoms with Gasteiger partial charge in [-0.15, -0.1) is 22.7 Å². The molecule has 0 bridgehead atoms. The van der Waals surface area contributed by atoms with Crippen LogP contribution in [0.4, 0.5) is 4.79 Å². The molecule has 2 aromatic heterocycles. The first-order valence-corrected chi connectivity index (χ1v) is 11.5. The number of urea groups is 1. The van der Waals surface area contributed by atoms with Crippen molar-refractivity contribution >= 4 is 40.5 Å². The number of thiophene rings is 1. The fourth-order valence-electron chi connectivity index (χ4n) is 4.11. The lowest BCUT2D eigenvalue weighted by Gasteiger charge is -2.36. The Morgan fingerprint density at radius 1 is 1.38 bits per heavy atom. The molecule has 1 saturated carbocycles. The van der Waals surface area contributed by atoms with Gasteiger partial charge in [0, 0.05) is 10.3 Å². The number of hydrogen-bond acceptors (Lipinski definition) is 6. The fourth-order valence-corrected chi connectivity index (χ4v) is 5.71. The summed E-state index contributed by atoms with van der Waals surface area (Å²) < 4.78 is 0. The Kier molecular flexibility index (Phi) is 5.44. The largest absolute Gasteiger partial charge is 0.350 e. The number of carbonyl (C=O) groups is 3. The molecule has 4 amide bonds. The van der Waals surface area contributed by atoms with E-state index in [1.807, 2.05) is 31.4 Å². The quantitative estimate of drug-likeness (QED) is 0.709. The Balaban J connectivity index is 1.35. The minimum Gasteiger partial charge on any atom is -0.350 e. The lowest BCUT2D eigenvalue weighted by atomic mass is 9.73. The predicted octanol–water partition coefficient (Wildman–Crippen LogP) is 3.30. The first-order valence-electron chi connectivity index (χ1n) is 9.81.